The van der Waals surface area contributed by atoms with Crippen molar-refractivity contribution in [2.24, 2.45) is 17.8 Å². The SMILES string of the molecule is CC1CN(C(N)=NCc2nncn2C)CCO1. The van der Waals surface area contributed by atoms with Gasteiger partial charge in [-0.05, 0) is 6.92 Å². The Morgan fingerprint density at radius 3 is 3.18 bits per heavy atom. The number of ether oxygens (including phenoxy) is 1. The van der Waals surface area contributed by atoms with E-state index in [0.29, 0.717) is 19.1 Å². The summed E-state index contributed by atoms with van der Waals surface area (Å²) in [6, 6.07) is 0. The third kappa shape index (κ3) is 2.94. The molecule has 1 fully saturated rings. The first-order valence-corrected chi connectivity index (χ1v) is 5.66. The second-order valence-electron chi connectivity index (χ2n) is 4.16. The first kappa shape index (κ1) is 11.8. The van der Waals surface area contributed by atoms with Crippen LogP contribution in [0.1, 0.15) is 12.7 Å². The summed E-state index contributed by atoms with van der Waals surface area (Å²) in [5.74, 6) is 1.34. The zero-order chi connectivity index (χ0) is 12.3. The van der Waals surface area contributed by atoms with E-state index in [-0.39, 0.29) is 6.10 Å². The number of hydrogen-bond acceptors (Lipinski definition) is 4. The second-order valence-corrected chi connectivity index (χ2v) is 4.16. The van der Waals surface area contributed by atoms with Gasteiger partial charge in [0.1, 0.15) is 12.9 Å². The molecular weight excluding hydrogens is 220 g/mol. The van der Waals surface area contributed by atoms with Gasteiger partial charge in [0.15, 0.2) is 11.8 Å². The van der Waals surface area contributed by atoms with Gasteiger partial charge < -0.3 is 19.9 Å². The number of rotatable bonds is 2. The van der Waals surface area contributed by atoms with Gasteiger partial charge in [-0.25, -0.2) is 4.99 Å². The number of hydrogen-bond donors (Lipinski definition) is 1. The molecule has 2 N–H and O–H groups in total. The normalized spacial score (nSPS) is 21.9. The lowest BCUT2D eigenvalue weighted by Crippen LogP contribution is -2.47. The number of nitrogens with zero attached hydrogens (tertiary/aromatic N) is 5. The Labute approximate surface area is 100 Å². The average molecular weight is 238 g/mol. The first-order chi connectivity index (χ1) is 8.16. The number of aromatic nitrogens is 3. The summed E-state index contributed by atoms with van der Waals surface area (Å²) in [6.07, 6.45) is 1.85. The van der Waals surface area contributed by atoms with E-state index in [0.717, 1.165) is 18.9 Å². The van der Waals surface area contributed by atoms with Crippen molar-refractivity contribution in [2.45, 2.75) is 19.6 Å². The van der Waals surface area contributed by atoms with E-state index < -0.39 is 0 Å². The average Bonchev–Trinajstić information content (AvgIpc) is 2.72. The first-order valence-electron chi connectivity index (χ1n) is 5.66. The summed E-state index contributed by atoms with van der Waals surface area (Å²) in [4.78, 5) is 6.36. The molecule has 17 heavy (non-hydrogen) atoms. The molecule has 1 atom stereocenters. The van der Waals surface area contributed by atoms with Gasteiger partial charge in [-0.2, -0.15) is 0 Å². The smallest absolute Gasteiger partial charge is 0.191 e. The molecule has 0 amide bonds. The lowest BCUT2D eigenvalue weighted by atomic mass is 10.3. The Kier molecular flexibility index (Phi) is 3.58. The van der Waals surface area contributed by atoms with Crippen molar-refractivity contribution < 1.29 is 4.74 Å². The minimum absolute atomic E-state index is 0.201. The quantitative estimate of drug-likeness (QED) is 0.547. The fourth-order valence-corrected chi connectivity index (χ4v) is 1.73. The molecule has 1 saturated heterocycles. The van der Waals surface area contributed by atoms with Crippen LogP contribution in [0.4, 0.5) is 0 Å². The maximum Gasteiger partial charge on any atom is 0.191 e. The van der Waals surface area contributed by atoms with Crippen molar-refractivity contribution in [3.05, 3.63) is 12.2 Å². The zero-order valence-electron chi connectivity index (χ0n) is 10.2. The molecule has 1 aliphatic rings. The van der Waals surface area contributed by atoms with Crippen molar-refractivity contribution in [3.63, 3.8) is 0 Å². The molecule has 0 bridgehead atoms. The van der Waals surface area contributed by atoms with Crippen LogP contribution in [0, 0.1) is 0 Å². The van der Waals surface area contributed by atoms with E-state index in [4.69, 9.17) is 10.5 Å². The van der Waals surface area contributed by atoms with Crippen molar-refractivity contribution in [3.8, 4) is 0 Å². The van der Waals surface area contributed by atoms with E-state index in [1.54, 1.807) is 6.33 Å². The van der Waals surface area contributed by atoms with Gasteiger partial charge in [-0.15, -0.1) is 10.2 Å². The van der Waals surface area contributed by atoms with Crippen LogP contribution < -0.4 is 5.73 Å². The summed E-state index contributed by atoms with van der Waals surface area (Å²) >= 11 is 0. The Balaban J connectivity index is 1.95. The fraction of sp³-hybridized carbons (Fsp3) is 0.700. The summed E-state index contributed by atoms with van der Waals surface area (Å²) in [5, 5.41) is 7.75. The third-order valence-corrected chi connectivity index (χ3v) is 2.75. The largest absolute Gasteiger partial charge is 0.375 e. The maximum absolute atomic E-state index is 5.94. The number of nitrogens with two attached hydrogens (primary N) is 1. The van der Waals surface area contributed by atoms with E-state index in [1.807, 2.05) is 23.4 Å². The summed E-state index contributed by atoms with van der Waals surface area (Å²) < 4.78 is 7.28. The molecule has 2 heterocycles. The van der Waals surface area contributed by atoms with Crippen molar-refractivity contribution in [2.75, 3.05) is 19.7 Å². The summed E-state index contributed by atoms with van der Waals surface area (Å²) in [7, 11) is 1.89. The van der Waals surface area contributed by atoms with Crippen LogP contribution in [0.15, 0.2) is 11.3 Å². The Bertz CT molecular complexity index is 401. The van der Waals surface area contributed by atoms with Crippen LogP contribution in [-0.4, -0.2) is 51.4 Å². The molecule has 1 unspecified atom stereocenters. The molecule has 0 aromatic carbocycles. The topological polar surface area (TPSA) is 81.6 Å². The molecule has 1 aromatic rings. The Morgan fingerprint density at radius 2 is 2.53 bits per heavy atom. The highest BCUT2D eigenvalue weighted by atomic mass is 16.5. The maximum atomic E-state index is 5.94. The summed E-state index contributed by atoms with van der Waals surface area (Å²) in [5.41, 5.74) is 5.94. The highest BCUT2D eigenvalue weighted by Crippen LogP contribution is 2.04. The molecule has 7 nitrogen and oxygen atoms in total. The number of guanidine groups is 1. The van der Waals surface area contributed by atoms with Gasteiger partial charge in [-0.1, -0.05) is 0 Å². The van der Waals surface area contributed by atoms with Crippen LogP contribution in [0.25, 0.3) is 0 Å². The molecule has 7 heteroatoms. The molecular formula is C10H18N6O. The number of aliphatic imine (C=N–C) groups is 1. The third-order valence-electron chi connectivity index (χ3n) is 2.75. The minimum atomic E-state index is 0.201. The molecule has 0 aliphatic carbocycles. The predicted molar refractivity (Wildman–Crippen MR) is 63.3 cm³/mol. The van der Waals surface area contributed by atoms with E-state index >= 15 is 0 Å². The molecule has 1 aromatic heterocycles. The van der Waals surface area contributed by atoms with Crippen molar-refractivity contribution >= 4 is 5.96 Å². The lowest BCUT2D eigenvalue weighted by Gasteiger charge is -2.31. The molecule has 0 saturated carbocycles. The van der Waals surface area contributed by atoms with Crippen LogP contribution >= 0.6 is 0 Å². The Hall–Kier alpha value is -1.63. The molecule has 0 spiro atoms. The van der Waals surface area contributed by atoms with Crippen molar-refractivity contribution in [1.82, 2.24) is 19.7 Å². The van der Waals surface area contributed by atoms with Gasteiger partial charge in [0, 0.05) is 20.1 Å². The standard InChI is InChI=1S/C10H18N6O/c1-8-6-16(3-4-17-8)10(11)12-5-9-14-13-7-15(9)2/h7-8H,3-6H2,1-2H3,(H2,11,12). The van der Waals surface area contributed by atoms with Gasteiger partial charge >= 0.3 is 0 Å². The van der Waals surface area contributed by atoms with E-state index in [1.165, 1.54) is 0 Å². The van der Waals surface area contributed by atoms with Crippen LogP contribution in [0.5, 0.6) is 0 Å². The number of aryl methyl sites for hydroxylation is 1. The van der Waals surface area contributed by atoms with Crippen LogP contribution in [0.3, 0.4) is 0 Å². The zero-order valence-corrected chi connectivity index (χ0v) is 10.2. The van der Waals surface area contributed by atoms with E-state index in [2.05, 4.69) is 15.2 Å². The van der Waals surface area contributed by atoms with Crippen LogP contribution in [-0.2, 0) is 18.3 Å². The summed E-state index contributed by atoms with van der Waals surface area (Å²) in [6.45, 7) is 4.75. The fourth-order valence-electron chi connectivity index (χ4n) is 1.73. The van der Waals surface area contributed by atoms with Gasteiger partial charge in [0.25, 0.3) is 0 Å². The lowest BCUT2D eigenvalue weighted by molar-refractivity contribution is 0.00528. The van der Waals surface area contributed by atoms with E-state index in [9.17, 15) is 0 Å². The monoisotopic (exact) mass is 238 g/mol. The predicted octanol–water partition coefficient (Wildman–Crippen LogP) is -0.649. The van der Waals surface area contributed by atoms with Gasteiger partial charge in [0.05, 0.1) is 12.7 Å². The number of morpholine rings is 1. The molecule has 1 aliphatic heterocycles. The molecule has 0 radical (unpaired) electrons. The van der Waals surface area contributed by atoms with Gasteiger partial charge in [-0.3, -0.25) is 0 Å². The van der Waals surface area contributed by atoms with Gasteiger partial charge in [0.2, 0.25) is 0 Å². The molecule has 94 valence electrons. The minimum Gasteiger partial charge on any atom is -0.375 e. The van der Waals surface area contributed by atoms with Crippen LogP contribution in [0.2, 0.25) is 0 Å². The molecule has 2 rings (SSSR count). The highest BCUT2D eigenvalue weighted by molar-refractivity contribution is 5.78. The Morgan fingerprint density at radius 1 is 1.71 bits per heavy atom. The highest BCUT2D eigenvalue weighted by Gasteiger charge is 2.17. The van der Waals surface area contributed by atoms with Crippen molar-refractivity contribution in [1.29, 1.82) is 0 Å². The second kappa shape index (κ2) is 5.13.